The average Bonchev–Trinajstić information content (AvgIpc) is 2.38. The van der Waals surface area contributed by atoms with E-state index in [4.69, 9.17) is 0 Å². The number of ketones is 1. The molecule has 19 heavy (non-hydrogen) atoms. The van der Waals surface area contributed by atoms with Crippen molar-refractivity contribution in [1.29, 1.82) is 0 Å². The molecule has 0 radical (unpaired) electrons. The van der Waals surface area contributed by atoms with Gasteiger partial charge in [-0.15, -0.1) is 0 Å². The maximum absolute atomic E-state index is 12.2. The molecule has 0 amide bonds. The minimum absolute atomic E-state index is 0.0429. The Kier molecular flexibility index (Phi) is 3.43. The first kappa shape index (κ1) is 13.3. The third-order valence-corrected chi connectivity index (χ3v) is 3.03. The van der Waals surface area contributed by atoms with Gasteiger partial charge in [-0.3, -0.25) is 4.79 Å². The summed E-state index contributed by atoms with van der Waals surface area (Å²) < 4.78 is 0. The first-order chi connectivity index (χ1) is 8.89. The molecule has 0 aliphatic heterocycles. The summed E-state index contributed by atoms with van der Waals surface area (Å²) >= 11 is 0. The van der Waals surface area contributed by atoms with Crippen molar-refractivity contribution in [3.63, 3.8) is 0 Å². The van der Waals surface area contributed by atoms with Crippen LogP contribution in [0.4, 0.5) is 0 Å². The van der Waals surface area contributed by atoms with E-state index in [1.807, 2.05) is 57.2 Å². The van der Waals surface area contributed by atoms with Gasteiger partial charge in [0.25, 0.3) is 0 Å². The topological polar surface area (TPSA) is 37.3 Å². The molecule has 0 atom stereocenters. The van der Waals surface area contributed by atoms with Gasteiger partial charge in [0.05, 0.1) is 5.56 Å². The number of aromatic hydroxyl groups is 1. The summed E-state index contributed by atoms with van der Waals surface area (Å²) in [5, 5.41) is 10.1. The molecule has 1 N–H and O–H groups in total. The van der Waals surface area contributed by atoms with E-state index in [0.29, 0.717) is 5.56 Å². The Morgan fingerprint density at radius 3 is 2.11 bits per heavy atom. The van der Waals surface area contributed by atoms with E-state index in [2.05, 4.69) is 0 Å². The third-order valence-electron chi connectivity index (χ3n) is 3.03. The zero-order chi connectivity index (χ0) is 14.0. The highest BCUT2D eigenvalue weighted by molar-refractivity contribution is 6.02. The molecule has 0 aromatic heterocycles. The van der Waals surface area contributed by atoms with Crippen LogP contribution in [-0.4, -0.2) is 10.9 Å². The lowest BCUT2D eigenvalue weighted by Gasteiger charge is -2.17. The van der Waals surface area contributed by atoms with Crippen LogP contribution in [0.15, 0.2) is 48.5 Å². The highest BCUT2D eigenvalue weighted by Gasteiger charge is 2.25. The first-order valence-electron chi connectivity index (χ1n) is 6.33. The second-order valence-electron chi connectivity index (χ2n) is 5.68. The number of Topliss-reactive ketones (excluding diaryl/α,β-unsaturated/α-hetero) is 1. The lowest BCUT2D eigenvalue weighted by atomic mass is 9.85. The second kappa shape index (κ2) is 4.88. The van der Waals surface area contributed by atoms with Gasteiger partial charge in [-0.05, 0) is 23.3 Å². The van der Waals surface area contributed by atoms with Crippen LogP contribution in [0.3, 0.4) is 0 Å². The van der Waals surface area contributed by atoms with E-state index in [1.165, 1.54) is 0 Å². The summed E-state index contributed by atoms with van der Waals surface area (Å²) in [5.74, 6) is -0.00844. The molecular formula is C17H18O2. The fraction of sp³-hybridized carbons (Fsp3) is 0.235. The molecule has 2 heteroatoms. The Labute approximate surface area is 113 Å². The highest BCUT2D eigenvalue weighted by atomic mass is 16.3. The first-order valence-corrected chi connectivity index (χ1v) is 6.33. The predicted molar refractivity (Wildman–Crippen MR) is 77.3 cm³/mol. The van der Waals surface area contributed by atoms with Crippen molar-refractivity contribution in [2.75, 3.05) is 0 Å². The lowest BCUT2D eigenvalue weighted by molar-refractivity contribution is 0.0855. The minimum Gasteiger partial charge on any atom is -0.507 e. The van der Waals surface area contributed by atoms with Crippen LogP contribution < -0.4 is 0 Å². The van der Waals surface area contributed by atoms with Gasteiger partial charge < -0.3 is 5.11 Å². The van der Waals surface area contributed by atoms with E-state index in [-0.39, 0.29) is 11.5 Å². The van der Waals surface area contributed by atoms with Crippen LogP contribution in [-0.2, 0) is 0 Å². The van der Waals surface area contributed by atoms with E-state index in [9.17, 15) is 9.90 Å². The summed E-state index contributed by atoms with van der Waals surface area (Å²) in [7, 11) is 0. The SMILES string of the molecule is CC(C)(C)C(=O)c1ccc(-c2ccccc2)cc1O. The number of phenolic OH excluding ortho intramolecular Hbond substituents is 1. The summed E-state index contributed by atoms with van der Waals surface area (Å²) in [4.78, 5) is 12.2. The smallest absolute Gasteiger partial charge is 0.171 e. The molecular weight excluding hydrogens is 236 g/mol. The van der Waals surface area contributed by atoms with Gasteiger partial charge >= 0.3 is 0 Å². The van der Waals surface area contributed by atoms with Crippen molar-refractivity contribution in [3.05, 3.63) is 54.1 Å². The summed E-state index contributed by atoms with van der Waals surface area (Å²) in [6.07, 6.45) is 0. The lowest BCUT2D eigenvalue weighted by Crippen LogP contribution is -2.20. The molecule has 0 unspecified atom stereocenters. The minimum atomic E-state index is -0.494. The normalized spacial score (nSPS) is 11.3. The number of hydrogen-bond donors (Lipinski definition) is 1. The van der Waals surface area contributed by atoms with Gasteiger partial charge in [0.2, 0.25) is 0 Å². The van der Waals surface area contributed by atoms with Gasteiger partial charge in [-0.2, -0.15) is 0 Å². The zero-order valence-electron chi connectivity index (χ0n) is 11.5. The van der Waals surface area contributed by atoms with Crippen molar-refractivity contribution in [3.8, 4) is 16.9 Å². The van der Waals surface area contributed by atoms with E-state index >= 15 is 0 Å². The van der Waals surface area contributed by atoms with Gasteiger partial charge in [0, 0.05) is 5.41 Å². The van der Waals surface area contributed by atoms with Crippen molar-refractivity contribution < 1.29 is 9.90 Å². The van der Waals surface area contributed by atoms with Crippen LogP contribution >= 0.6 is 0 Å². The van der Waals surface area contributed by atoms with Crippen LogP contribution in [0.5, 0.6) is 5.75 Å². The molecule has 2 aromatic rings. The molecule has 0 spiro atoms. The zero-order valence-corrected chi connectivity index (χ0v) is 11.5. The Morgan fingerprint density at radius 1 is 0.947 bits per heavy atom. The van der Waals surface area contributed by atoms with Gasteiger partial charge in [-0.1, -0.05) is 57.2 Å². The average molecular weight is 254 g/mol. The summed E-state index contributed by atoms with van der Waals surface area (Å²) in [6, 6.07) is 15.0. The third kappa shape index (κ3) is 2.84. The summed E-state index contributed by atoms with van der Waals surface area (Å²) in [6.45, 7) is 5.54. The standard InChI is InChI=1S/C17H18O2/c1-17(2,3)16(19)14-10-9-13(11-15(14)18)12-7-5-4-6-8-12/h4-11,18H,1-3H3. The van der Waals surface area contributed by atoms with Crippen molar-refractivity contribution in [2.24, 2.45) is 5.41 Å². The van der Waals surface area contributed by atoms with Crippen LogP contribution in [0.25, 0.3) is 11.1 Å². The van der Waals surface area contributed by atoms with Crippen LogP contribution in [0.2, 0.25) is 0 Å². The number of hydrogen-bond acceptors (Lipinski definition) is 2. The van der Waals surface area contributed by atoms with Crippen molar-refractivity contribution >= 4 is 5.78 Å². The highest BCUT2D eigenvalue weighted by Crippen LogP contribution is 2.30. The summed E-state index contributed by atoms with van der Waals surface area (Å²) in [5.41, 5.74) is 1.81. The van der Waals surface area contributed by atoms with Crippen molar-refractivity contribution in [1.82, 2.24) is 0 Å². The maximum Gasteiger partial charge on any atom is 0.171 e. The van der Waals surface area contributed by atoms with Gasteiger partial charge in [0.15, 0.2) is 5.78 Å². The Morgan fingerprint density at radius 2 is 1.58 bits per heavy atom. The Balaban J connectivity index is 2.41. The molecule has 0 heterocycles. The predicted octanol–water partition coefficient (Wildman–Crippen LogP) is 4.29. The molecule has 0 fully saturated rings. The molecule has 0 saturated carbocycles. The van der Waals surface area contributed by atoms with Crippen LogP contribution in [0.1, 0.15) is 31.1 Å². The number of phenols is 1. The fourth-order valence-electron chi connectivity index (χ4n) is 1.94. The fourth-order valence-corrected chi connectivity index (χ4v) is 1.94. The molecule has 0 saturated heterocycles. The van der Waals surface area contributed by atoms with Gasteiger partial charge in [0.1, 0.15) is 5.75 Å². The largest absolute Gasteiger partial charge is 0.507 e. The number of carbonyl (C=O) groups excluding carboxylic acids is 1. The van der Waals surface area contributed by atoms with E-state index in [1.54, 1.807) is 12.1 Å². The van der Waals surface area contributed by atoms with Crippen molar-refractivity contribution in [2.45, 2.75) is 20.8 Å². The molecule has 0 aliphatic carbocycles. The maximum atomic E-state index is 12.2. The molecule has 98 valence electrons. The monoisotopic (exact) mass is 254 g/mol. The van der Waals surface area contributed by atoms with E-state index < -0.39 is 5.41 Å². The number of carbonyl (C=O) groups is 1. The van der Waals surface area contributed by atoms with Gasteiger partial charge in [-0.25, -0.2) is 0 Å². The van der Waals surface area contributed by atoms with Crippen LogP contribution in [0, 0.1) is 5.41 Å². The molecule has 2 aromatic carbocycles. The Hall–Kier alpha value is -2.09. The quantitative estimate of drug-likeness (QED) is 0.812. The van der Waals surface area contributed by atoms with E-state index in [0.717, 1.165) is 11.1 Å². The molecule has 2 rings (SSSR count). The Bertz CT molecular complexity index is 592. The number of rotatable bonds is 2. The molecule has 0 bridgehead atoms. The molecule has 2 nitrogen and oxygen atoms in total. The second-order valence-corrected chi connectivity index (χ2v) is 5.68. The number of benzene rings is 2. The molecule has 0 aliphatic rings.